The molecule has 2 aliphatic heterocycles. The first-order valence-electron chi connectivity index (χ1n) is 11.4. The van der Waals surface area contributed by atoms with E-state index in [1.165, 1.54) is 11.1 Å². The summed E-state index contributed by atoms with van der Waals surface area (Å²) in [6.07, 6.45) is 6.27. The third kappa shape index (κ3) is 4.19. The number of hydrogen-bond donors (Lipinski definition) is 1. The summed E-state index contributed by atoms with van der Waals surface area (Å²) >= 11 is 0. The van der Waals surface area contributed by atoms with Crippen molar-refractivity contribution >= 4 is 24.3 Å². The van der Waals surface area contributed by atoms with Crippen LogP contribution in [0.4, 0.5) is 5.69 Å². The Labute approximate surface area is 195 Å². The Morgan fingerprint density at radius 1 is 1.03 bits per heavy atom. The summed E-state index contributed by atoms with van der Waals surface area (Å²) in [4.78, 5) is 0. The zero-order chi connectivity index (χ0) is 23.2. The highest BCUT2D eigenvalue weighted by atomic mass is 16.7. The number of aromatic nitrogens is 2. The van der Waals surface area contributed by atoms with Gasteiger partial charge in [-0.15, -0.1) is 5.10 Å². The Hall–Kier alpha value is -3.03. The molecule has 7 heteroatoms. The molecular weight excluding hydrogens is 413 g/mol. The van der Waals surface area contributed by atoms with Gasteiger partial charge in [-0.3, -0.25) is 4.68 Å². The molecular formula is C26H30BN3O3. The van der Waals surface area contributed by atoms with E-state index >= 15 is 0 Å². The lowest BCUT2D eigenvalue weighted by Crippen LogP contribution is -2.41. The minimum absolute atomic E-state index is 0.153. The highest BCUT2D eigenvalue weighted by Crippen LogP contribution is 2.37. The van der Waals surface area contributed by atoms with Gasteiger partial charge in [-0.05, 0) is 50.5 Å². The molecule has 1 unspecified atom stereocenters. The minimum atomic E-state index is -0.506. The number of aryl methyl sites for hydroxylation is 1. The molecule has 6 nitrogen and oxygen atoms in total. The molecule has 1 N–H and O–H groups in total. The number of rotatable bonds is 5. The summed E-state index contributed by atoms with van der Waals surface area (Å²) < 4.78 is 20.2. The molecule has 33 heavy (non-hydrogen) atoms. The van der Waals surface area contributed by atoms with Crippen molar-refractivity contribution in [3.63, 3.8) is 0 Å². The Kier molecular flexibility index (Phi) is 5.34. The van der Waals surface area contributed by atoms with Crippen molar-refractivity contribution in [1.29, 1.82) is 0 Å². The van der Waals surface area contributed by atoms with Gasteiger partial charge in [-0.1, -0.05) is 54.6 Å². The number of nitrogens with one attached hydrogen (secondary N) is 1. The topological polar surface area (TPSA) is 57.5 Å². The van der Waals surface area contributed by atoms with Crippen LogP contribution < -0.4 is 15.5 Å². The van der Waals surface area contributed by atoms with Crippen LogP contribution in [0.3, 0.4) is 0 Å². The monoisotopic (exact) mass is 443 g/mol. The van der Waals surface area contributed by atoms with E-state index in [-0.39, 0.29) is 6.04 Å². The maximum atomic E-state index is 6.20. The molecule has 1 fully saturated rings. The zero-order valence-corrected chi connectivity index (χ0v) is 19.8. The van der Waals surface area contributed by atoms with Crippen molar-refractivity contribution in [3.05, 3.63) is 77.5 Å². The van der Waals surface area contributed by atoms with E-state index in [1.807, 2.05) is 40.9 Å². The van der Waals surface area contributed by atoms with Crippen molar-refractivity contribution in [3.8, 4) is 5.88 Å². The molecule has 1 atom stereocenters. The van der Waals surface area contributed by atoms with Gasteiger partial charge in [0, 0.05) is 18.9 Å². The highest BCUT2D eigenvalue weighted by molar-refractivity contribution is 6.63. The van der Waals surface area contributed by atoms with Crippen LogP contribution in [0.2, 0.25) is 0 Å². The predicted octanol–water partition coefficient (Wildman–Crippen LogP) is 4.48. The normalized spacial score (nSPS) is 20.4. The van der Waals surface area contributed by atoms with E-state index in [0.29, 0.717) is 12.5 Å². The predicted molar refractivity (Wildman–Crippen MR) is 132 cm³/mol. The summed E-state index contributed by atoms with van der Waals surface area (Å²) in [6, 6.07) is 17.0. The molecule has 0 saturated carbocycles. The lowest BCUT2D eigenvalue weighted by atomic mass is 9.81. The van der Waals surface area contributed by atoms with Gasteiger partial charge in [0.1, 0.15) is 6.61 Å². The summed E-state index contributed by atoms with van der Waals surface area (Å²) in [6.45, 7) is 8.59. The maximum Gasteiger partial charge on any atom is 0.502 e. The molecule has 2 aliphatic rings. The van der Waals surface area contributed by atoms with E-state index in [0.717, 1.165) is 16.7 Å². The molecule has 170 valence electrons. The van der Waals surface area contributed by atoms with Gasteiger partial charge in [0.2, 0.25) is 5.88 Å². The molecule has 0 aliphatic carbocycles. The average molecular weight is 443 g/mol. The van der Waals surface area contributed by atoms with E-state index in [1.54, 1.807) is 4.68 Å². The molecule has 3 heterocycles. The molecule has 0 spiro atoms. The van der Waals surface area contributed by atoms with Crippen LogP contribution in [0.15, 0.2) is 60.8 Å². The van der Waals surface area contributed by atoms with Crippen molar-refractivity contribution in [2.24, 2.45) is 7.05 Å². The summed E-state index contributed by atoms with van der Waals surface area (Å²) in [5.41, 5.74) is 4.63. The number of nitrogens with zero attached hydrogens (tertiary/aromatic N) is 2. The van der Waals surface area contributed by atoms with Gasteiger partial charge >= 0.3 is 7.12 Å². The van der Waals surface area contributed by atoms with Crippen molar-refractivity contribution < 1.29 is 14.0 Å². The van der Waals surface area contributed by atoms with Gasteiger partial charge in [0.05, 0.1) is 22.7 Å². The Morgan fingerprint density at radius 3 is 2.45 bits per heavy atom. The Balaban J connectivity index is 1.26. The van der Waals surface area contributed by atoms with E-state index < -0.39 is 18.3 Å². The van der Waals surface area contributed by atoms with E-state index in [4.69, 9.17) is 14.0 Å². The first-order valence-corrected chi connectivity index (χ1v) is 11.4. The first kappa shape index (κ1) is 21.8. The maximum absolute atomic E-state index is 6.20. The SMILES string of the molecule is Cn1cc(B2OC(C)(C)C(C)(C)O2)c(OCc2ccc(C3C=Cc4ccccc4N3)cc2)n1. The summed E-state index contributed by atoms with van der Waals surface area (Å²) in [5.74, 6) is 0.536. The van der Waals surface area contributed by atoms with Crippen LogP contribution in [-0.2, 0) is 23.0 Å². The van der Waals surface area contributed by atoms with Crippen LogP contribution >= 0.6 is 0 Å². The van der Waals surface area contributed by atoms with Crippen LogP contribution in [-0.4, -0.2) is 28.1 Å². The summed E-state index contributed by atoms with van der Waals surface area (Å²) in [5, 5.41) is 8.08. The van der Waals surface area contributed by atoms with Gasteiger partial charge < -0.3 is 19.4 Å². The quantitative estimate of drug-likeness (QED) is 0.590. The standard InChI is InChI=1S/C26H30BN3O3/c1-25(2)26(3,4)33-27(32-25)21-16-30(5)29-24(21)31-17-18-10-12-20(13-11-18)23-15-14-19-8-6-7-9-22(19)28-23/h6-16,23,28H,17H2,1-5H3. The number of ether oxygens (including phenoxy) is 1. The van der Waals surface area contributed by atoms with Crippen molar-refractivity contribution in [2.75, 3.05) is 5.32 Å². The molecule has 0 bridgehead atoms. The second kappa shape index (κ2) is 8.08. The lowest BCUT2D eigenvalue weighted by Gasteiger charge is -2.32. The van der Waals surface area contributed by atoms with Crippen molar-refractivity contribution in [1.82, 2.24) is 9.78 Å². The van der Waals surface area contributed by atoms with Gasteiger partial charge in [0.15, 0.2) is 0 Å². The highest BCUT2D eigenvalue weighted by Gasteiger charge is 2.53. The molecule has 0 amide bonds. The van der Waals surface area contributed by atoms with Crippen LogP contribution in [0.1, 0.15) is 50.4 Å². The molecule has 1 aromatic heterocycles. The third-order valence-electron chi connectivity index (χ3n) is 6.78. The average Bonchev–Trinajstić information content (AvgIpc) is 3.27. The Morgan fingerprint density at radius 2 is 1.73 bits per heavy atom. The van der Waals surface area contributed by atoms with Crippen molar-refractivity contribution in [2.45, 2.75) is 51.5 Å². The number of hydrogen-bond acceptors (Lipinski definition) is 5. The lowest BCUT2D eigenvalue weighted by molar-refractivity contribution is 0.00578. The van der Waals surface area contributed by atoms with Crippen LogP contribution in [0.25, 0.3) is 6.08 Å². The fraction of sp³-hybridized carbons (Fsp3) is 0.346. The molecule has 1 saturated heterocycles. The zero-order valence-electron chi connectivity index (χ0n) is 19.8. The number of para-hydroxylation sites is 1. The number of fused-ring (bicyclic) bond motifs is 1. The fourth-order valence-corrected chi connectivity index (χ4v) is 4.09. The summed E-state index contributed by atoms with van der Waals surface area (Å²) in [7, 11) is 1.37. The molecule has 3 aromatic rings. The van der Waals surface area contributed by atoms with Crippen LogP contribution in [0.5, 0.6) is 5.88 Å². The molecule has 0 radical (unpaired) electrons. The number of anilines is 1. The van der Waals surface area contributed by atoms with Gasteiger partial charge in [-0.2, -0.15) is 0 Å². The second-order valence-corrected chi connectivity index (χ2v) is 9.75. The van der Waals surface area contributed by atoms with Crippen LogP contribution in [0, 0.1) is 0 Å². The first-order chi connectivity index (χ1) is 15.7. The largest absolute Gasteiger partial charge is 0.502 e. The molecule has 5 rings (SSSR count). The Bertz CT molecular complexity index is 1170. The van der Waals surface area contributed by atoms with E-state index in [9.17, 15) is 0 Å². The van der Waals surface area contributed by atoms with Gasteiger partial charge in [0.25, 0.3) is 0 Å². The third-order valence-corrected chi connectivity index (χ3v) is 6.78. The fourth-order valence-electron chi connectivity index (χ4n) is 4.09. The second-order valence-electron chi connectivity index (χ2n) is 9.75. The van der Waals surface area contributed by atoms with E-state index in [2.05, 4.69) is 71.1 Å². The minimum Gasteiger partial charge on any atom is -0.472 e. The number of benzene rings is 2. The smallest absolute Gasteiger partial charge is 0.472 e. The molecule has 2 aromatic carbocycles. The van der Waals surface area contributed by atoms with Gasteiger partial charge in [-0.25, -0.2) is 0 Å².